The van der Waals surface area contributed by atoms with Gasteiger partial charge in [-0.15, -0.1) is 0 Å². The summed E-state index contributed by atoms with van der Waals surface area (Å²) in [5, 5.41) is 6.40. The fourth-order valence-electron chi connectivity index (χ4n) is 2.04. The number of halogens is 1. The Hall–Kier alpha value is -2.40. The van der Waals surface area contributed by atoms with Crippen LogP contribution in [0.1, 0.15) is 6.92 Å². The Morgan fingerprint density at radius 3 is 2.65 bits per heavy atom. The first-order valence-corrected chi connectivity index (χ1v) is 7.61. The maximum Gasteiger partial charge on any atom is 0.243 e. The lowest BCUT2D eigenvalue weighted by atomic mass is 10.2. The van der Waals surface area contributed by atoms with Crippen molar-refractivity contribution in [2.24, 2.45) is 0 Å². The molecular formula is C17H19ClN2O3. The van der Waals surface area contributed by atoms with E-state index in [2.05, 4.69) is 10.6 Å². The lowest BCUT2D eigenvalue weighted by Crippen LogP contribution is -2.22. The quantitative estimate of drug-likeness (QED) is 0.808. The van der Waals surface area contributed by atoms with Crippen LogP contribution in [0.5, 0.6) is 11.5 Å². The Labute approximate surface area is 140 Å². The summed E-state index contributed by atoms with van der Waals surface area (Å²) in [4.78, 5) is 12.1. The molecule has 2 N–H and O–H groups in total. The molecule has 0 unspecified atom stereocenters. The van der Waals surface area contributed by atoms with Crippen LogP contribution < -0.4 is 20.1 Å². The summed E-state index contributed by atoms with van der Waals surface area (Å²) < 4.78 is 10.7. The predicted molar refractivity (Wildman–Crippen MR) is 92.7 cm³/mol. The molecule has 122 valence electrons. The predicted octanol–water partition coefficient (Wildman–Crippen LogP) is 3.80. The molecule has 0 saturated heterocycles. The SMILES string of the molecule is CCOc1ccccc1NC(=O)CNc1cc(Cl)ccc1OC. The number of hydrogen-bond donors (Lipinski definition) is 2. The second kappa shape index (κ2) is 8.29. The van der Waals surface area contributed by atoms with Crippen molar-refractivity contribution >= 4 is 28.9 Å². The summed E-state index contributed by atoms with van der Waals surface area (Å²) in [6.45, 7) is 2.51. The number of methoxy groups -OCH3 is 1. The van der Waals surface area contributed by atoms with Crippen molar-refractivity contribution in [1.29, 1.82) is 0 Å². The summed E-state index contributed by atoms with van der Waals surface area (Å²) in [5.41, 5.74) is 1.30. The molecular weight excluding hydrogens is 316 g/mol. The van der Waals surface area contributed by atoms with Crippen LogP contribution in [0.4, 0.5) is 11.4 Å². The van der Waals surface area contributed by atoms with E-state index in [0.717, 1.165) is 0 Å². The monoisotopic (exact) mass is 334 g/mol. The Morgan fingerprint density at radius 1 is 1.13 bits per heavy atom. The summed E-state index contributed by atoms with van der Waals surface area (Å²) in [7, 11) is 1.56. The van der Waals surface area contributed by atoms with E-state index in [1.165, 1.54) is 0 Å². The molecule has 1 amide bonds. The van der Waals surface area contributed by atoms with Gasteiger partial charge in [-0.1, -0.05) is 23.7 Å². The molecule has 6 heteroatoms. The zero-order valence-electron chi connectivity index (χ0n) is 13.1. The van der Waals surface area contributed by atoms with Gasteiger partial charge < -0.3 is 20.1 Å². The first-order chi connectivity index (χ1) is 11.1. The van der Waals surface area contributed by atoms with E-state index in [1.54, 1.807) is 31.4 Å². The number of carbonyl (C=O) groups is 1. The third kappa shape index (κ3) is 4.79. The second-order valence-corrected chi connectivity index (χ2v) is 5.11. The first kappa shape index (κ1) is 17.0. The molecule has 2 aromatic carbocycles. The molecule has 0 aliphatic heterocycles. The minimum absolute atomic E-state index is 0.0805. The number of rotatable bonds is 7. The van der Waals surface area contributed by atoms with Crippen LogP contribution in [0.25, 0.3) is 0 Å². The minimum atomic E-state index is -0.195. The molecule has 2 aromatic rings. The summed E-state index contributed by atoms with van der Waals surface area (Å²) in [6.07, 6.45) is 0. The highest BCUT2D eigenvalue weighted by Crippen LogP contribution is 2.27. The zero-order chi connectivity index (χ0) is 16.7. The minimum Gasteiger partial charge on any atom is -0.495 e. The van der Waals surface area contributed by atoms with Gasteiger partial charge in [0.15, 0.2) is 0 Å². The highest BCUT2D eigenvalue weighted by atomic mass is 35.5. The molecule has 0 bridgehead atoms. The number of carbonyl (C=O) groups excluding carboxylic acids is 1. The Kier molecular flexibility index (Phi) is 6.11. The van der Waals surface area contributed by atoms with Crippen molar-refractivity contribution in [2.75, 3.05) is 30.9 Å². The van der Waals surface area contributed by atoms with Crippen LogP contribution >= 0.6 is 11.6 Å². The molecule has 0 aliphatic carbocycles. The molecule has 0 aliphatic rings. The van der Waals surface area contributed by atoms with Gasteiger partial charge in [-0.25, -0.2) is 0 Å². The molecule has 0 saturated carbocycles. The van der Waals surface area contributed by atoms with Gasteiger partial charge in [-0.05, 0) is 37.3 Å². The van der Waals surface area contributed by atoms with E-state index < -0.39 is 0 Å². The van der Waals surface area contributed by atoms with Gasteiger partial charge in [0, 0.05) is 5.02 Å². The van der Waals surface area contributed by atoms with E-state index in [0.29, 0.717) is 34.5 Å². The van der Waals surface area contributed by atoms with Gasteiger partial charge >= 0.3 is 0 Å². The standard InChI is InChI=1S/C17H19ClN2O3/c1-3-23-16-7-5-4-6-13(16)20-17(21)11-19-14-10-12(18)8-9-15(14)22-2/h4-10,19H,3,11H2,1-2H3,(H,20,21). The summed E-state index contributed by atoms with van der Waals surface area (Å²) in [5.74, 6) is 1.07. The largest absolute Gasteiger partial charge is 0.495 e. The third-order valence-corrected chi connectivity index (χ3v) is 3.30. The molecule has 0 atom stereocenters. The maximum atomic E-state index is 12.1. The topological polar surface area (TPSA) is 59.6 Å². The fraction of sp³-hybridized carbons (Fsp3) is 0.235. The fourth-order valence-corrected chi connectivity index (χ4v) is 2.21. The summed E-state index contributed by atoms with van der Waals surface area (Å²) >= 11 is 5.96. The molecule has 23 heavy (non-hydrogen) atoms. The van der Waals surface area contributed by atoms with Crippen molar-refractivity contribution in [1.82, 2.24) is 0 Å². The lowest BCUT2D eigenvalue weighted by Gasteiger charge is -2.13. The van der Waals surface area contributed by atoms with Crippen molar-refractivity contribution in [3.05, 3.63) is 47.5 Å². The van der Waals surface area contributed by atoms with E-state index in [1.807, 2.05) is 25.1 Å². The molecule has 0 heterocycles. The smallest absolute Gasteiger partial charge is 0.243 e. The van der Waals surface area contributed by atoms with Crippen LogP contribution in [-0.2, 0) is 4.79 Å². The Balaban J connectivity index is 2.00. The van der Waals surface area contributed by atoms with E-state index in [9.17, 15) is 4.79 Å². The summed E-state index contributed by atoms with van der Waals surface area (Å²) in [6, 6.07) is 12.5. The van der Waals surface area contributed by atoms with Gasteiger partial charge in [0.1, 0.15) is 11.5 Å². The number of hydrogen-bond acceptors (Lipinski definition) is 4. The van der Waals surface area contributed by atoms with Crippen LogP contribution in [-0.4, -0.2) is 26.2 Å². The second-order valence-electron chi connectivity index (χ2n) is 4.68. The van der Waals surface area contributed by atoms with Crippen LogP contribution in [0.15, 0.2) is 42.5 Å². The van der Waals surface area contributed by atoms with Gasteiger partial charge in [-0.2, -0.15) is 0 Å². The van der Waals surface area contributed by atoms with Crippen LogP contribution in [0.2, 0.25) is 5.02 Å². The van der Waals surface area contributed by atoms with Gasteiger partial charge in [0.05, 0.1) is 31.6 Å². The molecule has 0 aromatic heterocycles. The van der Waals surface area contributed by atoms with Crippen LogP contribution in [0, 0.1) is 0 Å². The van der Waals surface area contributed by atoms with Gasteiger partial charge in [0.25, 0.3) is 0 Å². The normalized spacial score (nSPS) is 10.0. The molecule has 5 nitrogen and oxygen atoms in total. The molecule has 2 rings (SSSR count). The number of anilines is 2. The lowest BCUT2D eigenvalue weighted by molar-refractivity contribution is -0.114. The molecule has 0 fully saturated rings. The van der Waals surface area contributed by atoms with Crippen LogP contribution in [0.3, 0.4) is 0 Å². The van der Waals surface area contributed by atoms with Gasteiger partial charge in [-0.3, -0.25) is 4.79 Å². The first-order valence-electron chi connectivity index (χ1n) is 7.23. The number of para-hydroxylation sites is 2. The highest BCUT2D eigenvalue weighted by molar-refractivity contribution is 6.30. The third-order valence-electron chi connectivity index (χ3n) is 3.06. The average Bonchev–Trinajstić information content (AvgIpc) is 2.55. The number of ether oxygens (including phenoxy) is 2. The Bertz CT molecular complexity index is 677. The molecule has 0 radical (unpaired) electrons. The molecule has 0 spiro atoms. The zero-order valence-corrected chi connectivity index (χ0v) is 13.8. The number of nitrogens with one attached hydrogen (secondary N) is 2. The van der Waals surface area contributed by atoms with E-state index in [4.69, 9.17) is 21.1 Å². The van der Waals surface area contributed by atoms with Crippen molar-refractivity contribution in [3.63, 3.8) is 0 Å². The average molecular weight is 335 g/mol. The van der Waals surface area contributed by atoms with Crippen molar-refractivity contribution < 1.29 is 14.3 Å². The number of amides is 1. The van der Waals surface area contributed by atoms with Crippen molar-refractivity contribution in [3.8, 4) is 11.5 Å². The number of benzene rings is 2. The highest BCUT2D eigenvalue weighted by Gasteiger charge is 2.09. The van der Waals surface area contributed by atoms with Gasteiger partial charge in [0.2, 0.25) is 5.91 Å². The van der Waals surface area contributed by atoms with E-state index in [-0.39, 0.29) is 12.5 Å². The Morgan fingerprint density at radius 2 is 1.91 bits per heavy atom. The van der Waals surface area contributed by atoms with E-state index >= 15 is 0 Å². The maximum absolute atomic E-state index is 12.1. The van der Waals surface area contributed by atoms with Crippen molar-refractivity contribution in [2.45, 2.75) is 6.92 Å².